The van der Waals surface area contributed by atoms with Gasteiger partial charge in [-0.2, -0.15) is 0 Å². The molecule has 0 bridgehead atoms. The minimum atomic E-state index is -1.08. The Morgan fingerprint density at radius 1 is 1.57 bits per heavy atom. The molecule has 0 saturated heterocycles. The summed E-state index contributed by atoms with van der Waals surface area (Å²) in [6.07, 6.45) is 0.602. The highest BCUT2D eigenvalue weighted by atomic mass is 19.1. The Labute approximate surface area is 81.1 Å². The number of hydrogen-bond acceptors (Lipinski definition) is 2. The SMILES string of the molecule is CCc1ccc(OCC(=O)O)cc1F. The molecule has 1 aromatic carbocycles. The number of benzene rings is 1. The molecule has 76 valence electrons. The lowest BCUT2D eigenvalue weighted by Crippen LogP contribution is -2.09. The smallest absolute Gasteiger partial charge is 0.341 e. The largest absolute Gasteiger partial charge is 0.482 e. The van der Waals surface area contributed by atoms with E-state index in [1.54, 1.807) is 12.1 Å². The third kappa shape index (κ3) is 2.73. The number of halogens is 1. The van der Waals surface area contributed by atoms with Crippen LogP contribution in [0.3, 0.4) is 0 Å². The zero-order valence-corrected chi connectivity index (χ0v) is 7.79. The van der Waals surface area contributed by atoms with E-state index in [1.165, 1.54) is 6.07 Å². The third-order valence-corrected chi connectivity index (χ3v) is 1.77. The van der Waals surface area contributed by atoms with Gasteiger partial charge in [-0.05, 0) is 18.1 Å². The Kier molecular flexibility index (Phi) is 3.45. The zero-order chi connectivity index (χ0) is 10.6. The van der Waals surface area contributed by atoms with Crippen LogP contribution in [0.1, 0.15) is 12.5 Å². The summed E-state index contributed by atoms with van der Waals surface area (Å²) < 4.78 is 18.0. The van der Waals surface area contributed by atoms with E-state index < -0.39 is 12.6 Å². The molecule has 0 amide bonds. The first-order valence-corrected chi connectivity index (χ1v) is 4.26. The highest BCUT2D eigenvalue weighted by molar-refractivity contribution is 5.68. The van der Waals surface area contributed by atoms with Gasteiger partial charge in [0.05, 0.1) is 0 Å². The van der Waals surface area contributed by atoms with Crippen molar-refractivity contribution in [1.82, 2.24) is 0 Å². The van der Waals surface area contributed by atoms with Gasteiger partial charge in [-0.3, -0.25) is 0 Å². The summed E-state index contributed by atoms with van der Waals surface area (Å²) in [4.78, 5) is 10.2. The monoisotopic (exact) mass is 198 g/mol. The maximum Gasteiger partial charge on any atom is 0.341 e. The van der Waals surface area contributed by atoms with E-state index in [-0.39, 0.29) is 11.6 Å². The van der Waals surface area contributed by atoms with E-state index in [4.69, 9.17) is 9.84 Å². The molecule has 0 aromatic heterocycles. The maximum absolute atomic E-state index is 13.1. The predicted octanol–water partition coefficient (Wildman–Crippen LogP) is 1.85. The predicted molar refractivity (Wildman–Crippen MR) is 48.9 cm³/mol. The van der Waals surface area contributed by atoms with E-state index in [1.807, 2.05) is 6.92 Å². The molecule has 14 heavy (non-hydrogen) atoms. The van der Waals surface area contributed by atoms with Gasteiger partial charge in [-0.25, -0.2) is 9.18 Å². The molecule has 1 rings (SSSR count). The van der Waals surface area contributed by atoms with Crippen molar-refractivity contribution >= 4 is 5.97 Å². The second-order valence-electron chi connectivity index (χ2n) is 2.79. The Balaban J connectivity index is 2.71. The molecule has 0 heterocycles. The molecule has 0 spiro atoms. The van der Waals surface area contributed by atoms with Crippen LogP contribution in [0.4, 0.5) is 4.39 Å². The number of rotatable bonds is 4. The average molecular weight is 198 g/mol. The van der Waals surface area contributed by atoms with Crippen LogP contribution in [0.25, 0.3) is 0 Å². The van der Waals surface area contributed by atoms with Crippen molar-refractivity contribution < 1.29 is 19.0 Å². The number of carboxylic acids is 1. The topological polar surface area (TPSA) is 46.5 Å². The van der Waals surface area contributed by atoms with Gasteiger partial charge in [0, 0.05) is 6.07 Å². The molecule has 1 aromatic rings. The van der Waals surface area contributed by atoms with Gasteiger partial charge in [0.25, 0.3) is 0 Å². The first-order valence-electron chi connectivity index (χ1n) is 4.26. The molecule has 0 fully saturated rings. The molecule has 0 saturated carbocycles. The van der Waals surface area contributed by atoms with Crippen LogP contribution in [0.5, 0.6) is 5.75 Å². The third-order valence-electron chi connectivity index (χ3n) is 1.77. The Hall–Kier alpha value is -1.58. The molecule has 1 N–H and O–H groups in total. The number of ether oxygens (including phenoxy) is 1. The van der Waals surface area contributed by atoms with Gasteiger partial charge in [0.1, 0.15) is 11.6 Å². The molecule has 0 aliphatic heterocycles. The van der Waals surface area contributed by atoms with E-state index >= 15 is 0 Å². The Morgan fingerprint density at radius 2 is 2.29 bits per heavy atom. The molecule has 4 heteroatoms. The summed E-state index contributed by atoms with van der Waals surface area (Å²) >= 11 is 0. The number of carbonyl (C=O) groups is 1. The van der Waals surface area contributed by atoms with E-state index in [2.05, 4.69) is 0 Å². The Morgan fingerprint density at radius 3 is 2.79 bits per heavy atom. The summed E-state index contributed by atoms with van der Waals surface area (Å²) in [6, 6.07) is 4.35. The van der Waals surface area contributed by atoms with Crippen molar-refractivity contribution in [2.24, 2.45) is 0 Å². The lowest BCUT2D eigenvalue weighted by Gasteiger charge is -2.04. The fraction of sp³-hybridized carbons (Fsp3) is 0.300. The highest BCUT2D eigenvalue weighted by Crippen LogP contribution is 2.16. The molecule has 0 aliphatic carbocycles. The van der Waals surface area contributed by atoms with Crippen LogP contribution in [0.15, 0.2) is 18.2 Å². The van der Waals surface area contributed by atoms with Crippen LogP contribution in [0, 0.1) is 5.82 Å². The molecule has 0 unspecified atom stereocenters. The van der Waals surface area contributed by atoms with Gasteiger partial charge in [0.15, 0.2) is 6.61 Å². The van der Waals surface area contributed by atoms with Crippen molar-refractivity contribution in [3.05, 3.63) is 29.6 Å². The van der Waals surface area contributed by atoms with Crippen molar-refractivity contribution in [1.29, 1.82) is 0 Å². The number of aliphatic carboxylic acids is 1. The quantitative estimate of drug-likeness (QED) is 0.803. The van der Waals surface area contributed by atoms with E-state index in [9.17, 15) is 9.18 Å². The van der Waals surface area contributed by atoms with Crippen molar-refractivity contribution in [3.8, 4) is 5.75 Å². The summed E-state index contributed by atoms with van der Waals surface area (Å²) in [5, 5.41) is 8.33. The molecular weight excluding hydrogens is 187 g/mol. The van der Waals surface area contributed by atoms with Crippen molar-refractivity contribution in [3.63, 3.8) is 0 Å². The molecule has 0 atom stereocenters. The second kappa shape index (κ2) is 4.60. The Bertz CT molecular complexity index is 336. The zero-order valence-electron chi connectivity index (χ0n) is 7.79. The van der Waals surface area contributed by atoms with E-state index in [0.717, 1.165) is 0 Å². The van der Waals surface area contributed by atoms with Crippen LogP contribution in [-0.2, 0) is 11.2 Å². The summed E-state index contributed by atoms with van der Waals surface area (Å²) in [5.74, 6) is -1.21. The van der Waals surface area contributed by atoms with Gasteiger partial charge in [-0.1, -0.05) is 13.0 Å². The lowest BCUT2D eigenvalue weighted by molar-refractivity contribution is -0.139. The molecule has 0 aliphatic rings. The van der Waals surface area contributed by atoms with Gasteiger partial charge in [0.2, 0.25) is 0 Å². The minimum Gasteiger partial charge on any atom is -0.482 e. The second-order valence-corrected chi connectivity index (χ2v) is 2.79. The lowest BCUT2D eigenvalue weighted by atomic mass is 10.1. The average Bonchev–Trinajstić information content (AvgIpc) is 2.15. The van der Waals surface area contributed by atoms with E-state index in [0.29, 0.717) is 12.0 Å². The van der Waals surface area contributed by atoms with Crippen LogP contribution >= 0.6 is 0 Å². The summed E-state index contributed by atoms with van der Waals surface area (Å²) in [7, 11) is 0. The van der Waals surface area contributed by atoms with Crippen LogP contribution < -0.4 is 4.74 Å². The van der Waals surface area contributed by atoms with Crippen LogP contribution in [0.2, 0.25) is 0 Å². The molecule has 3 nitrogen and oxygen atoms in total. The summed E-state index contributed by atoms with van der Waals surface area (Å²) in [5.41, 5.74) is 0.590. The highest BCUT2D eigenvalue weighted by Gasteiger charge is 2.03. The number of aryl methyl sites for hydroxylation is 1. The number of hydrogen-bond donors (Lipinski definition) is 1. The summed E-state index contributed by atoms with van der Waals surface area (Å²) in [6.45, 7) is 1.39. The van der Waals surface area contributed by atoms with Gasteiger partial charge < -0.3 is 9.84 Å². The standard InChI is InChI=1S/C10H11FO3/c1-2-7-3-4-8(5-9(7)11)14-6-10(12)13/h3-5H,2,6H2,1H3,(H,12,13). The van der Waals surface area contributed by atoms with Crippen molar-refractivity contribution in [2.45, 2.75) is 13.3 Å². The molecule has 0 radical (unpaired) electrons. The fourth-order valence-electron chi connectivity index (χ4n) is 1.05. The maximum atomic E-state index is 13.1. The fourth-order valence-corrected chi connectivity index (χ4v) is 1.05. The normalized spacial score (nSPS) is 9.86. The number of carboxylic acid groups (broad SMARTS) is 1. The van der Waals surface area contributed by atoms with Gasteiger partial charge >= 0.3 is 5.97 Å². The molecular formula is C10H11FO3. The minimum absolute atomic E-state index is 0.238. The van der Waals surface area contributed by atoms with Gasteiger partial charge in [-0.15, -0.1) is 0 Å². The first kappa shape index (κ1) is 10.5. The first-order chi connectivity index (χ1) is 6.63. The van der Waals surface area contributed by atoms with Crippen LogP contribution in [-0.4, -0.2) is 17.7 Å². The van der Waals surface area contributed by atoms with Crippen molar-refractivity contribution in [2.75, 3.05) is 6.61 Å².